The molecule has 0 aliphatic rings. The second-order valence-electron chi connectivity index (χ2n) is 6.17. The van der Waals surface area contributed by atoms with Crippen LogP contribution in [0.25, 0.3) is 0 Å². The fraction of sp³-hybridized carbons (Fsp3) is 0.278. The average molecular weight is 410 g/mol. The van der Waals surface area contributed by atoms with Crippen LogP contribution in [0.15, 0.2) is 36.5 Å². The number of amides is 1. The number of thiazole rings is 1. The number of alkyl halides is 3. The summed E-state index contributed by atoms with van der Waals surface area (Å²) in [5.41, 5.74) is 0.291. The lowest BCUT2D eigenvalue weighted by Gasteiger charge is -2.07. The lowest BCUT2D eigenvalue weighted by atomic mass is 10.1. The number of rotatable bonds is 5. The summed E-state index contributed by atoms with van der Waals surface area (Å²) in [6, 6.07) is 6.53. The minimum atomic E-state index is -4.42. The minimum absolute atomic E-state index is 0.149. The smallest absolute Gasteiger partial charge is 0.387 e. The van der Waals surface area contributed by atoms with E-state index in [1.54, 1.807) is 19.2 Å². The normalized spacial score (nSPS) is 12.8. The zero-order valence-corrected chi connectivity index (χ0v) is 15.8. The number of nitrogens with one attached hydrogen (secondary N) is 1. The molecule has 0 fully saturated rings. The maximum atomic E-state index is 12.9. The van der Waals surface area contributed by atoms with Crippen LogP contribution in [-0.2, 0) is 19.6 Å². The number of carbonyl (C=O) groups excluding carboxylic acids is 1. The van der Waals surface area contributed by atoms with Gasteiger partial charge in [0.2, 0.25) is 0 Å². The Hall–Kier alpha value is -2.72. The molecule has 1 aromatic carbocycles. The second kappa shape index (κ2) is 7.72. The quantitative estimate of drug-likeness (QED) is 0.671. The molecule has 2 N–H and O–H groups in total. The average Bonchev–Trinajstić information content (AvgIpc) is 3.20. The monoisotopic (exact) mass is 410 g/mol. The van der Waals surface area contributed by atoms with Crippen LogP contribution in [0.2, 0.25) is 0 Å². The number of aromatic nitrogens is 3. The van der Waals surface area contributed by atoms with Gasteiger partial charge in [-0.15, -0.1) is 11.3 Å². The molecule has 0 bridgehead atoms. The van der Waals surface area contributed by atoms with Gasteiger partial charge in [-0.1, -0.05) is 18.2 Å². The molecule has 0 aliphatic heterocycles. The summed E-state index contributed by atoms with van der Waals surface area (Å²) in [4.78, 5) is 16.7. The number of anilines is 1. The number of halogens is 3. The van der Waals surface area contributed by atoms with E-state index in [-0.39, 0.29) is 12.1 Å². The van der Waals surface area contributed by atoms with Crippen LogP contribution >= 0.6 is 11.3 Å². The van der Waals surface area contributed by atoms with Crippen molar-refractivity contribution in [1.82, 2.24) is 14.8 Å². The molecule has 0 aliphatic carbocycles. The van der Waals surface area contributed by atoms with Gasteiger partial charge in [0, 0.05) is 19.7 Å². The van der Waals surface area contributed by atoms with E-state index in [1.807, 2.05) is 0 Å². The Kier molecular flexibility index (Phi) is 5.52. The maximum absolute atomic E-state index is 12.9. The molecule has 1 amide bonds. The summed E-state index contributed by atoms with van der Waals surface area (Å²) >= 11 is 1.11. The molecule has 0 saturated carbocycles. The van der Waals surface area contributed by atoms with Crippen LogP contribution < -0.4 is 5.32 Å². The predicted molar refractivity (Wildman–Crippen MR) is 98.2 cm³/mol. The number of hydrogen-bond donors (Lipinski definition) is 2. The molecule has 10 heteroatoms. The van der Waals surface area contributed by atoms with Gasteiger partial charge in [0.25, 0.3) is 5.91 Å². The van der Waals surface area contributed by atoms with Gasteiger partial charge in [0.05, 0.1) is 16.7 Å². The highest BCUT2D eigenvalue weighted by Crippen LogP contribution is 2.33. The van der Waals surface area contributed by atoms with Crippen molar-refractivity contribution in [3.05, 3.63) is 64.1 Å². The van der Waals surface area contributed by atoms with E-state index >= 15 is 0 Å². The number of aryl methyl sites for hydroxylation is 1. The number of aliphatic hydroxyl groups excluding tert-OH is 1. The standard InChI is InChI=1S/C18H17F3N4O2S/c1-10(26)15-17(24-16(27)13-6-7-22-25(13)2)28-14(23-15)9-11-4-3-5-12(8-11)18(19,20)21/h3-8,10,26H,9H2,1-2H3,(H,24,27)/t10-/m1/s1. The van der Waals surface area contributed by atoms with Crippen LogP contribution in [0.3, 0.4) is 0 Å². The molecule has 0 saturated heterocycles. The van der Waals surface area contributed by atoms with Gasteiger partial charge in [-0.3, -0.25) is 9.48 Å². The lowest BCUT2D eigenvalue weighted by molar-refractivity contribution is -0.137. The number of carbonyl (C=O) groups is 1. The molecule has 28 heavy (non-hydrogen) atoms. The summed E-state index contributed by atoms with van der Waals surface area (Å²) in [5, 5.41) is 17.4. The van der Waals surface area contributed by atoms with E-state index in [1.165, 1.54) is 23.9 Å². The molecule has 1 atom stereocenters. The predicted octanol–water partition coefficient (Wildman–Crippen LogP) is 3.79. The highest BCUT2D eigenvalue weighted by atomic mass is 32.1. The van der Waals surface area contributed by atoms with Crippen molar-refractivity contribution < 1.29 is 23.1 Å². The Morgan fingerprint density at radius 2 is 2.11 bits per heavy atom. The molecular formula is C18H17F3N4O2S. The van der Waals surface area contributed by atoms with Crippen LogP contribution in [0.4, 0.5) is 18.2 Å². The van der Waals surface area contributed by atoms with Gasteiger partial charge in [0.15, 0.2) is 0 Å². The van der Waals surface area contributed by atoms with E-state index in [9.17, 15) is 23.1 Å². The number of aliphatic hydroxyl groups is 1. The zero-order chi connectivity index (χ0) is 20.5. The molecule has 148 valence electrons. The van der Waals surface area contributed by atoms with Crippen LogP contribution in [0.1, 0.15) is 45.3 Å². The van der Waals surface area contributed by atoms with Crippen molar-refractivity contribution in [1.29, 1.82) is 0 Å². The van der Waals surface area contributed by atoms with E-state index in [2.05, 4.69) is 15.4 Å². The third-order valence-electron chi connectivity index (χ3n) is 3.98. The van der Waals surface area contributed by atoms with Crippen molar-refractivity contribution in [3.63, 3.8) is 0 Å². The number of benzene rings is 1. The van der Waals surface area contributed by atoms with Gasteiger partial charge in [-0.05, 0) is 24.6 Å². The summed E-state index contributed by atoms with van der Waals surface area (Å²) in [6.07, 6.45) is -3.74. The van der Waals surface area contributed by atoms with Gasteiger partial charge >= 0.3 is 6.18 Å². The molecule has 6 nitrogen and oxygen atoms in total. The molecule has 3 aromatic rings. The van der Waals surface area contributed by atoms with Crippen molar-refractivity contribution in [3.8, 4) is 0 Å². The SMILES string of the molecule is C[C@@H](O)c1nc(Cc2cccc(C(F)(F)F)c2)sc1NC(=O)c1ccnn1C. The minimum Gasteiger partial charge on any atom is -0.387 e. The molecule has 0 unspecified atom stereocenters. The van der Waals surface area contributed by atoms with Gasteiger partial charge in [-0.25, -0.2) is 4.98 Å². The molecule has 3 rings (SSSR count). The molecule has 2 heterocycles. The van der Waals surface area contributed by atoms with Crippen LogP contribution in [-0.4, -0.2) is 25.8 Å². The Bertz CT molecular complexity index is 995. The Morgan fingerprint density at radius 1 is 1.36 bits per heavy atom. The first kappa shape index (κ1) is 20.0. The van der Waals surface area contributed by atoms with Crippen molar-refractivity contribution >= 4 is 22.2 Å². The molecule has 0 spiro atoms. The first-order valence-electron chi connectivity index (χ1n) is 8.28. The zero-order valence-electron chi connectivity index (χ0n) is 15.0. The van der Waals surface area contributed by atoms with Crippen LogP contribution in [0.5, 0.6) is 0 Å². The van der Waals surface area contributed by atoms with Crippen molar-refractivity contribution in [2.75, 3.05) is 5.32 Å². The first-order chi connectivity index (χ1) is 13.1. The summed E-state index contributed by atoms with van der Waals surface area (Å²) in [7, 11) is 1.62. The van der Waals surface area contributed by atoms with Crippen LogP contribution in [0, 0.1) is 0 Å². The fourth-order valence-electron chi connectivity index (χ4n) is 2.62. The third kappa shape index (κ3) is 4.39. The first-order valence-corrected chi connectivity index (χ1v) is 9.10. The fourth-order valence-corrected chi connectivity index (χ4v) is 3.71. The Balaban J connectivity index is 1.85. The van der Waals surface area contributed by atoms with E-state index in [0.717, 1.165) is 23.5 Å². The molecule has 2 aromatic heterocycles. The maximum Gasteiger partial charge on any atom is 0.416 e. The molecular weight excluding hydrogens is 393 g/mol. The van der Waals surface area contributed by atoms with Crippen molar-refractivity contribution in [2.24, 2.45) is 7.05 Å². The third-order valence-corrected chi connectivity index (χ3v) is 4.97. The van der Waals surface area contributed by atoms with Crippen molar-refractivity contribution in [2.45, 2.75) is 25.6 Å². The number of hydrogen-bond acceptors (Lipinski definition) is 5. The topological polar surface area (TPSA) is 80.0 Å². The summed E-state index contributed by atoms with van der Waals surface area (Å²) in [5.74, 6) is -0.420. The van der Waals surface area contributed by atoms with Gasteiger partial charge in [0.1, 0.15) is 16.4 Å². The highest BCUT2D eigenvalue weighted by Gasteiger charge is 2.30. The number of nitrogens with zero attached hydrogens (tertiary/aromatic N) is 3. The highest BCUT2D eigenvalue weighted by molar-refractivity contribution is 7.16. The Labute approximate surface area is 162 Å². The van der Waals surface area contributed by atoms with E-state index in [4.69, 9.17) is 0 Å². The lowest BCUT2D eigenvalue weighted by Crippen LogP contribution is -2.16. The van der Waals surface area contributed by atoms with Gasteiger partial charge in [-0.2, -0.15) is 18.3 Å². The largest absolute Gasteiger partial charge is 0.416 e. The summed E-state index contributed by atoms with van der Waals surface area (Å²) in [6.45, 7) is 1.50. The molecule has 0 radical (unpaired) electrons. The summed E-state index contributed by atoms with van der Waals surface area (Å²) < 4.78 is 40.1. The van der Waals surface area contributed by atoms with E-state index < -0.39 is 23.8 Å². The van der Waals surface area contributed by atoms with E-state index in [0.29, 0.717) is 21.3 Å². The van der Waals surface area contributed by atoms with Gasteiger partial charge < -0.3 is 10.4 Å². The second-order valence-corrected chi connectivity index (χ2v) is 7.25. The Morgan fingerprint density at radius 3 is 2.71 bits per heavy atom.